The largest absolute Gasteiger partial charge is 0.434 e. The molecular formula is C11H10BrClF2O2. The van der Waals surface area contributed by atoms with Crippen LogP contribution in [0.5, 0.6) is 5.75 Å². The molecule has 0 atom stereocenters. The fraction of sp³-hybridized carbons (Fsp3) is 0.364. The molecule has 0 unspecified atom stereocenters. The second-order valence-corrected chi connectivity index (χ2v) is 4.13. The van der Waals surface area contributed by atoms with Crippen LogP contribution in [0.2, 0.25) is 0 Å². The molecule has 0 heterocycles. The van der Waals surface area contributed by atoms with E-state index >= 15 is 0 Å². The van der Waals surface area contributed by atoms with Gasteiger partial charge in [-0.2, -0.15) is 8.78 Å². The van der Waals surface area contributed by atoms with Crippen LogP contribution in [0.3, 0.4) is 0 Å². The molecule has 0 amide bonds. The number of carbonyl (C=O) groups is 1. The molecule has 94 valence electrons. The number of halogens is 4. The molecule has 0 aliphatic rings. The lowest BCUT2D eigenvalue weighted by molar-refractivity contribution is -0.115. The van der Waals surface area contributed by atoms with Gasteiger partial charge in [0.25, 0.3) is 0 Å². The van der Waals surface area contributed by atoms with Gasteiger partial charge in [-0.25, -0.2) is 0 Å². The second-order valence-electron chi connectivity index (χ2n) is 3.30. The van der Waals surface area contributed by atoms with Crippen molar-refractivity contribution in [2.24, 2.45) is 0 Å². The van der Waals surface area contributed by atoms with Crippen molar-refractivity contribution >= 4 is 33.3 Å². The smallest absolute Gasteiger partial charge is 0.387 e. The van der Waals surface area contributed by atoms with Crippen molar-refractivity contribution in [3.8, 4) is 5.75 Å². The molecule has 1 aromatic rings. The molecule has 17 heavy (non-hydrogen) atoms. The second kappa shape index (κ2) is 6.91. The quantitative estimate of drug-likeness (QED) is 0.747. The topological polar surface area (TPSA) is 26.3 Å². The van der Waals surface area contributed by atoms with Crippen LogP contribution in [0.15, 0.2) is 18.2 Å². The maximum absolute atomic E-state index is 12.2. The van der Waals surface area contributed by atoms with E-state index in [4.69, 9.17) is 11.6 Å². The van der Waals surface area contributed by atoms with E-state index in [9.17, 15) is 13.6 Å². The third-order valence-corrected chi connectivity index (χ3v) is 2.96. The number of ketones is 1. The van der Waals surface area contributed by atoms with E-state index < -0.39 is 6.61 Å². The Kier molecular flexibility index (Phi) is 5.85. The summed E-state index contributed by atoms with van der Waals surface area (Å²) in [5.74, 6) is 0.0656. The van der Waals surface area contributed by atoms with Crippen LogP contribution >= 0.6 is 27.5 Å². The zero-order valence-electron chi connectivity index (χ0n) is 8.76. The van der Waals surface area contributed by atoms with Gasteiger partial charge in [-0.1, -0.05) is 28.1 Å². The average Bonchev–Trinajstić information content (AvgIpc) is 2.28. The highest BCUT2D eigenvalue weighted by Crippen LogP contribution is 2.24. The van der Waals surface area contributed by atoms with E-state index in [1.54, 1.807) is 12.1 Å². The van der Waals surface area contributed by atoms with Gasteiger partial charge in [0.05, 0.1) is 11.2 Å². The van der Waals surface area contributed by atoms with Gasteiger partial charge < -0.3 is 4.74 Å². The van der Waals surface area contributed by atoms with Crippen LogP contribution in [0.4, 0.5) is 8.78 Å². The van der Waals surface area contributed by atoms with Crippen molar-refractivity contribution < 1.29 is 18.3 Å². The molecule has 0 radical (unpaired) electrons. The minimum absolute atomic E-state index is 0.0230. The first-order valence-electron chi connectivity index (χ1n) is 4.77. The Hall–Kier alpha value is -0.680. The minimum atomic E-state index is -2.90. The molecule has 1 rings (SSSR count). The average molecular weight is 328 g/mol. The lowest BCUT2D eigenvalue weighted by Crippen LogP contribution is -2.07. The van der Waals surface area contributed by atoms with Gasteiger partial charge >= 0.3 is 6.61 Å². The van der Waals surface area contributed by atoms with Crippen LogP contribution in [0.1, 0.15) is 11.1 Å². The van der Waals surface area contributed by atoms with Crippen molar-refractivity contribution in [3.05, 3.63) is 29.3 Å². The number of hydrogen-bond acceptors (Lipinski definition) is 2. The van der Waals surface area contributed by atoms with Gasteiger partial charge in [0.1, 0.15) is 11.5 Å². The Morgan fingerprint density at radius 2 is 2.18 bits per heavy atom. The Morgan fingerprint density at radius 3 is 2.71 bits per heavy atom. The van der Waals surface area contributed by atoms with Gasteiger partial charge in [0.2, 0.25) is 0 Å². The monoisotopic (exact) mass is 326 g/mol. The summed E-state index contributed by atoms with van der Waals surface area (Å²) in [6.07, 6.45) is 0.174. The first-order chi connectivity index (χ1) is 8.06. The Balaban J connectivity index is 2.91. The summed E-state index contributed by atoms with van der Waals surface area (Å²) in [7, 11) is 0. The van der Waals surface area contributed by atoms with Crippen molar-refractivity contribution in [3.63, 3.8) is 0 Å². The highest BCUT2D eigenvalue weighted by atomic mass is 79.9. The predicted molar refractivity (Wildman–Crippen MR) is 65.1 cm³/mol. The summed E-state index contributed by atoms with van der Waals surface area (Å²) >= 11 is 8.64. The molecule has 0 aromatic heterocycles. The lowest BCUT2D eigenvalue weighted by atomic mass is 10.1. The van der Waals surface area contributed by atoms with Crippen molar-refractivity contribution in [1.82, 2.24) is 0 Å². The zero-order valence-corrected chi connectivity index (χ0v) is 11.1. The first-order valence-corrected chi connectivity index (χ1v) is 6.42. The van der Waals surface area contributed by atoms with Crippen molar-refractivity contribution in [2.45, 2.75) is 18.9 Å². The molecule has 0 spiro atoms. The maximum Gasteiger partial charge on any atom is 0.387 e. The Morgan fingerprint density at radius 1 is 1.47 bits per heavy atom. The summed E-state index contributed by atoms with van der Waals surface area (Å²) < 4.78 is 28.7. The molecule has 0 aliphatic carbocycles. The Labute approximate surface area is 111 Å². The number of benzene rings is 1. The molecule has 6 heteroatoms. The van der Waals surface area contributed by atoms with Gasteiger partial charge in [0, 0.05) is 12.0 Å². The van der Waals surface area contributed by atoms with Crippen LogP contribution < -0.4 is 4.74 Å². The minimum Gasteiger partial charge on any atom is -0.434 e. The van der Waals surface area contributed by atoms with E-state index in [2.05, 4.69) is 20.7 Å². The number of alkyl halides is 4. The van der Waals surface area contributed by atoms with E-state index in [1.807, 2.05) is 0 Å². The van der Waals surface area contributed by atoms with Crippen molar-refractivity contribution in [1.29, 1.82) is 0 Å². The van der Waals surface area contributed by atoms with Gasteiger partial charge in [-0.05, 0) is 11.6 Å². The molecule has 1 aromatic carbocycles. The van der Waals surface area contributed by atoms with E-state index in [1.165, 1.54) is 6.07 Å². The summed E-state index contributed by atoms with van der Waals surface area (Å²) in [6.45, 7) is -2.90. The summed E-state index contributed by atoms with van der Waals surface area (Å²) in [5, 5.41) is 0.231. The summed E-state index contributed by atoms with van der Waals surface area (Å²) in [5.41, 5.74) is 1.10. The fourth-order valence-electron chi connectivity index (χ4n) is 1.30. The number of ether oxygens (including phenoxy) is 1. The van der Waals surface area contributed by atoms with Crippen molar-refractivity contribution in [2.75, 3.05) is 5.33 Å². The SMILES string of the molecule is O=C(CBr)Cc1ccc(CCl)c(OC(F)F)c1. The number of carbonyl (C=O) groups excluding carboxylic acids is 1. The third kappa shape index (κ3) is 4.60. The third-order valence-electron chi connectivity index (χ3n) is 2.04. The standard InChI is InChI=1S/C11H10BrClF2O2/c12-5-9(16)3-7-1-2-8(6-13)10(4-7)17-11(14)15/h1-2,4,11H,3,5-6H2. The van der Waals surface area contributed by atoms with Gasteiger partial charge in [-0.3, -0.25) is 4.79 Å². The molecule has 0 bridgehead atoms. The fourth-order valence-corrected chi connectivity index (χ4v) is 1.72. The lowest BCUT2D eigenvalue weighted by Gasteiger charge is -2.10. The molecule has 0 saturated carbocycles. The molecule has 0 saturated heterocycles. The molecular weight excluding hydrogens is 317 g/mol. The summed E-state index contributed by atoms with van der Waals surface area (Å²) in [4.78, 5) is 11.2. The molecule has 0 aliphatic heterocycles. The Bertz CT molecular complexity index is 399. The highest BCUT2D eigenvalue weighted by Gasteiger charge is 2.11. The maximum atomic E-state index is 12.2. The first kappa shape index (κ1) is 14.4. The number of Topliss-reactive ketones (excluding diaryl/α,β-unsaturated/α-hetero) is 1. The molecule has 2 nitrogen and oxygen atoms in total. The van der Waals surface area contributed by atoms with Crippen LogP contribution in [0, 0.1) is 0 Å². The predicted octanol–water partition coefficient (Wildman–Crippen LogP) is 3.53. The van der Waals surface area contributed by atoms with Gasteiger partial charge in [-0.15, -0.1) is 11.6 Å². The summed E-state index contributed by atoms with van der Waals surface area (Å²) in [6, 6.07) is 4.68. The van der Waals surface area contributed by atoms with Crippen LogP contribution in [0.25, 0.3) is 0 Å². The van der Waals surface area contributed by atoms with E-state index in [-0.39, 0.29) is 29.2 Å². The highest BCUT2D eigenvalue weighted by molar-refractivity contribution is 9.09. The molecule has 0 N–H and O–H groups in total. The number of rotatable bonds is 6. The van der Waals surface area contributed by atoms with E-state index in [0.29, 0.717) is 11.1 Å². The van der Waals surface area contributed by atoms with E-state index in [0.717, 1.165) is 0 Å². The van der Waals surface area contributed by atoms with Gasteiger partial charge in [0.15, 0.2) is 0 Å². The van der Waals surface area contributed by atoms with Crippen LogP contribution in [-0.4, -0.2) is 17.7 Å². The number of hydrogen-bond donors (Lipinski definition) is 0. The normalized spacial score (nSPS) is 10.6. The zero-order chi connectivity index (χ0) is 12.8. The molecule has 0 fully saturated rings. The van der Waals surface area contributed by atoms with Crippen LogP contribution in [-0.2, 0) is 17.1 Å².